The molecular formula is C23H22F3N5O3S. The first-order valence-corrected chi connectivity index (χ1v) is 11.5. The van der Waals surface area contributed by atoms with E-state index in [2.05, 4.69) is 20.3 Å². The van der Waals surface area contributed by atoms with Crippen LogP contribution in [0.5, 0.6) is 5.75 Å². The highest BCUT2D eigenvalue weighted by atomic mass is 32.1. The molecule has 0 radical (unpaired) electrons. The Kier molecular flexibility index (Phi) is 7.01. The maximum Gasteiger partial charge on any atom is 0.451 e. The number of likely N-dealkylation sites (tertiary alicyclic amines) is 1. The van der Waals surface area contributed by atoms with E-state index in [4.69, 9.17) is 4.74 Å². The molecule has 2 aromatic heterocycles. The van der Waals surface area contributed by atoms with Crippen LogP contribution in [0.3, 0.4) is 0 Å². The second-order valence-electron chi connectivity index (χ2n) is 8.17. The predicted molar refractivity (Wildman–Crippen MR) is 122 cm³/mol. The van der Waals surface area contributed by atoms with Crippen LogP contribution in [-0.2, 0) is 17.5 Å². The number of hydrogen-bond donors (Lipinski definition) is 1. The number of amides is 2. The molecule has 1 aliphatic heterocycles. The van der Waals surface area contributed by atoms with Crippen molar-refractivity contribution < 1.29 is 27.5 Å². The summed E-state index contributed by atoms with van der Waals surface area (Å²) in [6.45, 7) is 2.31. The van der Waals surface area contributed by atoms with Crippen LogP contribution >= 0.6 is 11.3 Å². The molecule has 0 saturated carbocycles. The van der Waals surface area contributed by atoms with Gasteiger partial charge in [0.05, 0.1) is 6.54 Å². The number of rotatable bonds is 6. The summed E-state index contributed by atoms with van der Waals surface area (Å²) in [5.74, 6) is -1.16. The van der Waals surface area contributed by atoms with Crippen molar-refractivity contribution >= 4 is 23.2 Å². The molecule has 1 saturated heterocycles. The number of benzene rings is 1. The molecule has 184 valence electrons. The summed E-state index contributed by atoms with van der Waals surface area (Å²) >= 11 is 1.47. The number of aryl methyl sites for hydroxylation is 1. The number of nitrogens with zero attached hydrogens (tertiary/aromatic N) is 4. The normalized spacial score (nSPS) is 16.3. The van der Waals surface area contributed by atoms with Gasteiger partial charge in [0.1, 0.15) is 16.9 Å². The van der Waals surface area contributed by atoms with Crippen LogP contribution in [0.1, 0.15) is 39.5 Å². The fourth-order valence-electron chi connectivity index (χ4n) is 3.55. The van der Waals surface area contributed by atoms with Crippen LogP contribution in [0, 0.1) is 6.92 Å². The van der Waals surface area contributed by atoms with Gasteiger partial charge < -0.3 is 15.0 Å². The Hall–Kier alpha value is -3.54. The number of aromatic nitrogens is 3. The molecule has 1 unspecified atom stereocenters. The lowest BCUT2D eigenvalue weighted by Gasteiger charge is -2.30. The fraction of sp³-hybridized carbons (Fsp3) is 0.348. The van der Waals surface area contributed by atoms with Gasteiger partial charge in [-0.25, -0.2) is 15.0 Å². The van der Waals surface area contributed by atoms with Gasteiger partial charge in [0.2, 0.25) is 11.7 Å². The lowest BCUT2D eigenvalue weighted by Crippen LogP contribution is -2.42. The third-order valence-corrected chi connectivity index (χ3v) is 6.30. The van der Waals surface area contributed by atoms with Gasteiger partial charge in [0.25, 0.3) is 5.91 Å². The van der Waals surface area contributed by atoms with E-state index in [1.54, 1.807) is 36.3 Å². The molecule has 12 heteroatoms. The topological polar surface area (TPSA) is 97.3 Å². The smallest absolute Gasteiger partial charge is 0.451 e. The molecule has 4 rings (SSSR count). The molecule has 0 aliphatic carbocycles. The van der Waals surface area contributed by atoms with Crippen LogP contribution in [0.25, 0.3) is 10.6 Å². The summed E-state index contributed by atoms with van der Waals surface area (Å²) in [6, 6.07) is 5.08. The monoisotopic (exact) mass is 505 g/mol. The lowest BCUT2D eigenvalue weighted by atomic mass is 10.1. The third kappa shape index (κ3) is 6.13. The zero-order chi connectivity index (χ0) is 25.2. The number of carbonyl (C=O) groups is 2. The number of piperidine rings is 1. The van der Waals surface area contributed by atoms with Gasteiger partial charge in [-0.05, 0) is 31.5 Å². The maximum atomic E-state index is 12.9. The van der Waals surface area contributed by atoms with Crippen LogP contribution in [0.15, 0.2) is 36.8 Å². The number of alkyl halides is 3. The van der Waals surface area contributed by atoms with E-state index in [1.807, 2.05) is 6.92 Å². The Morgan fingerprint density at radius 3 is 2.57 bits per heavy atom. The Morgan fingerprint density at radius 1 is 1.20 bits per heavy atom. The summed E-state index contributed by atoms with van der Waals surface area (Å²) in [7, 11) is 1.72. The highest BCUT2D eigenvalue weighted by Crippen LogP contribution is 2.31. The highest BCUT2D eigenvalue weighted by molar-refractivity contribution is 7.14. The van der Waals surface area contributed by atoms with Crippen LogP contribution in [0.4, 0.5) is 13.2 Å². The number of halogens is 3. The maximum absolute atomic E-state index is 12.9. The third-order valence-electron chi connectivity index (χ3n) is 5.34. The molecule has 1 aromatic carbocycles. The number of nitrogens with one attached hydrogen (secondary N) is 1. The molecule has 1 atom stereocenters. The molecule has 0 spiro atoms. The first kappa shape index (κ1) is 24.6. The minimum atomic E-state index is -4.63. The summed E-state index contributed by atoms with van der Waals surface area (Å²) in [5.41, 5.74) is 1.33. The summed E-state index contributed by atoms with van der Waals surface area (Å²) in [4.78, 5) is 38.3. The van der Waals surface area contributed by atoms with Crippen LogP contribution in [0.2, 0.25) is 0 Å². The zero-order valence-electron chi connectivity index (χ0n) is 18.9. The average molecular weight is 506 g/mol. The average Bonchev–Trinajstić information content (AvgIpc) is 3.26. The molecular weight excluding hydrogens is 483 g/mol. The van der Waals surface area contributed by atoms with E-state index >= 15 is 0 Å². The molecule has 1 aliphatic rings. The van der Waals surface area contributed by atoms with Gasteiger partial charge in [-0.3, -0.25) is 9.59 Å². The number of carbonyl (C=O) groups excluding carboxylic acids is 2. The molecule has 1 fully saturated rings. The fourth-order valence-corrected chi connectivity index (χ4v) is 4.30. The van der Waals surface area contributed by atoms with E-state index in [-0.39, 0.29) is 18.6 Å². The van der Waals surface area contributed by atoms with Gasteiger partial charge in [0, 0.05) is 60.2 Å². The summed E-state index contributed by atoms with van der Waals surface area (Å²) in [5, 5.41) is 3.39. The van der Waals surface area contributed by atoms with Crippen LogP contribution in [-0.4, -0.2) is 51.4 Å². The quantitative estimate of drug-likeness (QED) is 0.547. The van der Waals surface area contributed by atoms with E-state index in [1.165, 1.54) is 11.3 Å². The molecule has 35 heavy (non-hydrogen) atoms. The molecule has 8 nitrogen and oxygen atoms in total. The van der Waals surface area contributed by atoms with Crippen molar-refractivity contribution in [3.05, 3.63) is 58.6 Å². The second-order valence-corrected chi connectivity index (χ2v) is 9.41. The standard InChI is InChI=1S/C23H22F3N5O3S/c1-13-8-28-21(35-13)16-5-15(6-18(7-16)34-17-3-4-19(32)31(2)12-17)20(33)27-9-14-10-29-22(30-11-14)23(24,25)26/h5-8,10-11,17H,3-4,9,12H2,1-2H3,(H,27,33). The Labute approximate surface area is 203 Å². The largest absolute Gasteiger partial charge is 0.489 e. The number of hydrogen-bond acceptors (Lipinski definition) is 7. The van der Waals surface area contributed by atoms with Crippen LogP contribution < -0.4 is 10.1 Å². The van der Waals surface area contributed by atoms with Crippen molar-refractivity contribution in [2.45, 2.75) is 38.6 Å². The Bertz CT molecular complexity index is 1230. The van der Waals surface area contributed by atoms with E-state index in [9.17, 15) is 22.8 Å². The van der Waals surface area contributed by atoms with E-state index in [0.717, 1.165) is 17.3 Å². The van der Waals surface area contributed by atoms with Crippen molar-refractivity contribution in [1.82, 2.24) is 25.2 Å². The van der Waals surface area contributed by atoms with Crippen molar-refractivity contribution in [3.63, 3.8) is 0 Å². The second kappa shape index (κ2) is 9.98. The molecule has 3 aromatic rings. The van der Waals surface area contributed by atoms with Gasteiger partial charge in [-0.15, -0.1) is 11.3 Å². The minimum Gasteiger partial charge on any atom is -0.489 e. The van der Waals surface area contributed by atoms with Crippen molar-refractivity contribution in [1.29, 1.82) is 0 Å². The molecule has 1 N–H and O–H groups in total. The predicted octanol–water partition coefficient (Wildman–Crippen LogP) is 3.86. The highest BCUT2D eigenvalue weighted by Gasteiger charge is 2.34. The Morgan fingerprint density at radius 2 is 1.94 bits per heavy atom. The van der Waals surface area contributed by atoms with Crippen molar-refractivity contribution in [2.24, 2.45) is 0 Å². The number of ether oxygens (including phenoxy) is 1. The van der Waals surface area contributed by atoms with Gasteiger partial charge in [-0.1, -0.05) is 0 Å². The summed E-state index contributed by atoms with van der Waals surface area (Å²) in [6.07, 6.45) is -0.104. The first-order valence-electron chi connectivity index (χ1n) is 10.7. The number of thiazole rings is 1. The summed E-state index contributed by atoms with van der Waals surface area (Å²) < 4.78 is 44.1. The molecule has 3 heterocycles. The van der Waals surface area contributed by atoms with Gasteiger partial charge in [-0.2, -0.15) is 13.2 Å². The van der Waals surface area contributed by atoms with E-state index < -0.39 is 17.9 Å². The van der Waals surface area contributed by atoms with Crippen molar-refractivity contribution in [2.75, 3.05) is 13.6 Å². The van der Waals surface area contributed by atoms with Gasteiger partial charge >= 0.3 is 6.18 Å². The molecule has 2 amide bonds. The number of likely N-dealkylation sites (N-methyl/N-ethyl adjacent to an activating group) is 1. The Balaban J connectivity index is 1.52. The lowest BCUT2D eigenvalue weighted by molar-refractivity contribution is -0.145. The van der Waals surface area contributed by atoms with Crippen molar-refractivity contribution in [3.8, 4) is 16.3 Å². The van der Waals surface area contributed by atoms with E-state index in [0.29, 0.717) is 46.8 Å². The minimum absolute atomic E-state index is 0.0523. The SMILES string of the molecule is Cc1cnc(-c2cc(OC3CCC(=O)N(C)C3)cc(C(=O)NCc3cnc(C(F)(F)F)nc3)c2)s1. The zero-order valence-corrected chi connectivity index (χ0v) is 19.7. The van der Waals surface area contributed by atoms with Gasteiger partial charge in [0.15, 0.2) is 0 Å². The first-order chi connectivity index (χ1) is 16.6. The molecule has 0 bridgehead atoms.